The first kappa shape index (κ1) is 14.6. The highest BCUT2D eigenvalue weighted by atomic mass is 16.5. The van der Waals surface area contributed by atoms with Crippen LogP contribution in [-0.2, 0) is 14.3 Å². The molecule has 0 saturated carbocycles. The summed E-state index contributed by atoms with van der Waals surface area (Å²) in [5, 5.41) is 14.6. The fourth-order valence-electron chi connectivity index (χ4n) is 1.84. The van der Waals surface area contributed by atoms with Gasteiger partial charge < -0.3 is 15.4 Å². The van der Waals surface area contributed by atoms with Crippen LogP contribution in [0.1, 0.15) is 19.8 Å². The van der Waals surface area contributed by atoms with Gasteiger partial charge in [-0.2, -0.15) is 5.26 Å². The van der Waals surface area contributed by atoms with Crippen molar-refractivity contribution < 1.29 is 14.3 Å². The predicted octanol–water partition coefficient (Wildman–Crippen LogP) is 2.17. The Morgan fingerprint density at radius 1 is 1.29 bits per heavy atom. The number of rotatable bonds is 4. The number of para-hydroxylation sites is 2. The summed E-state index contributed by atoms with van der Waals surface area (Å²) in [6.07, 6.45) is 1.58. The molecule has 0 fully saturated rings. The first-order valence-corrected chi connectivity index (χ1v) is 6.66. The summed E-state index contributed by atoms with van der Waals surface area (Å²) in [7, 11) is 0. The molecule has 1 amide bonds. The maximum Gasteiger partial charge on any atom is 0.351 e. The number of esters is 1. The number of nitrogens with one attached hydrogen (secondary N) is 2. The van der Waals surface area contributed by atoms with Crippen LogP contribution in [0.15, 0.2) is 35.5 Å². The van der Waals surface area contributed by atoms with Gasteiger partial charge in [-0.25, -0.2) is 4.79 Å². The molecule has 1 aromatic rings. The van der Waals surface area contributed by atoms with Gasteiger partial charge in [0, 0.05) is 0 Å². The van der Waals surface area contributed by atoms with Crippen LogP contribution in [0, 0.1) is 11.3 Å². The highest BCUT2D eigenvalue weighted by Crippen LogP contribution is 2.28. The molecule has 1 aromatic carbocycles. The quantitative estimate of drug-likeness (QED) is 0.383. The molecular formula is C15H15N3O3. The fraction of sp³-hybridized carbons (Fsp3) is 0.267. The van der Waals surface area contributed by atoms with Gasteiger partial charge in [-0.1, -0.05) is 25.5 Å². The molecule has 1 aliphatic heterocycles. The Kier molecular flexibility index (Phi) is 4.57. The van der Waals surface area contributed by atoms with Crippen molar-refractivity contribution in [2.24, 2.45) is 0 Å². The molecule has 21 heavy (non-hydrogen) atoms. The Labute approximate surface area is 122 Å². The zero-order chi connectivity index (χ0) is 15.2. The number of nitriles is 1. The lowest BCUT2D eigenvalue weighted by atomic mass is 10.1. The Morgan fingerprint density at radius 3 is 2.57 bits per heavy atom. The van der Waals surface area contributed by atoms with E-state index in [4.69, 9.17) is 10.00 Å². The summed E-state index contributed by atoms with van der Waals surface area (Å²) in [5.74, 6) is -1.32. The summed E-state index contributed by atoms with van der Waals surface area (Å²) in [6, 6.07) is 8.77. The van der Waals surface area contributed by atoms with E-state index < -0.39 is 11.9 Å². The number of nitrogens with zero attached hydrogens (tertiary/aromatic N) is 1. The molecule has 0 saturated heterocycles. The van der Waals surface area contributed by atoms with Gasteiger partial charge in [0.15, 0.2) is 5.57 Å². The van der Waals surface area contributed by atoms with Gasteiger partial charge in [-0.3, -0.25) is 4.79 Å². The molecule has 0 unspecified atom stereocenters. The lowest BCUT2D eigenvalue weighted by Crippen LogP contribution is -2.28. The number of carbonyl (C=O) groups excluding carboxylic acids is 2. The van der Waals surface area contributed by atoms with E-state index in [1.165, 1.54) is 0 Å². The number of carbonyl (C=O) groups is 2. The van der Waals surface area contributed by atoms with Crippen molar-refractivity contribution in [2.75, 3.05) is 17.2 Å². The monoisotopic (exact) mass is 285 g/mol. The molecule has 1 aliphatic rings. The lowest BCUT2D eigenvalue weighted by molar-refractivity contribution is -0.138. The van der Waals surface area contributed by atoms with E-state index in [9.17, 15) is 9.59 Å². The Bertz CT molecular complexity index is 644. The number of hydrogen-bond acceptors (Lipinski definition) is 5. The molecule has 0 bridgehead atoms. The van der Waals surface area contributed by atoms with E-state index in [0.717, 1.165) is 6.42 Å². The van der Waals surface area contributed by atoms with Crippen molar-refractivity contribution >= 4 is 23.3 Å². The predicted molar refractivity (Wildman–Crippen MR) is 77.2 cm³/mol. The van der Waals surface area contributed by atoms with Crippen LogP contribution in [0.3, 0.4) is 0 Å². The van der Waals surface area contributed by atoms with Crippen molar-refractivity contribution in [2.45, 2.75) is 19.8 Å². The number of unbranched alkanes of at least 4 members (excludes halogenated alkanes) is 1. The van der Waals surface area contributed by atoms with Gasteiger partial charge >= 0.3 is 5.97 Å². The van der Waals surface area contributed by atoms with Gasteiger partial charge in [0.2, 0.25) is 0 Å². The third-order valence-corrected chi connectivity index (χ3v) is 2.96. The second kappa shape index (κ2) is 6.57. The number of amides is 1. The normalized spacial score (nSPS) is 15.1. The zero-order valence-corrected chi connectivity index (χ0v) is 11.6. The molecule has 6 nitrogen and oxygen atoms in total. The molecule has 0 radical (unpaired) electrons. The standard InChI is InChI=1S/C15H15N3O3/c1-2-3-8-21-15(20)10(9-16)13-14(19)18-12-7-5-4-6-11(12)17-13/h4-7,17H,2-3,8H2,1H3,(H,18,19)/b13-10-. The number of anilines is 2. The minimum atomic E-state index is -0.789. The summed E-state index contributed by atoms with van der Waals surface area (Å²) in [4.78, 5) is 23.9. The van der Waals surface area contributed by atoms with Gasteiger partial charge in [0.05, 0.1) is 18.0 Å². The van der Waals surface area contributed by atoms with Gasteiger partial charge in [0.25, 0.3) is 5.91 Å². The van der Waals surface area contributed by atoms with Crippen molar-refractivity contribution in [3.8, 4) is 6.07 Å². The molecule has 0 atom stereocenters. The van der Waals surface area contributed by atoms with Crippen LogP contribution in [0.2, 0.25) is 0 Å². The minimum Gasteiger partial charge on any atom is -0.462 e. The van der Waals surface area contributed by atoms with E-state index in [1.807, 2.05) is 6.92 Å². The largest absolute Gasteiger partial charge is 0.462 e. The molecule has 0 aliphatic carbocycles. The minimum absolute atomic E-state index is 0.0855. The third-order valence-electron chi connectivity index (χ3n) is 2.96. The number of hydrogen-bond donors (Lipinski definition) is 2. The van der Waals surface area contributed by atoms with E-state index in [1.54, 1.807) is 30.3 Å². The molecule has 108 valence electrons. The molecule has 6 heteroatoms. The van der Waals surface area contributed by atoms with Crippen LogP contribution < -0.4 is 10.6 Å². The third kappa shape index (κ3) is 3.20. The lowest BCUT2D eigenvalue weighted by Gasteiger charge is -2.21. The summed E-state index contributed by atoms with van der Waals surface area (Å²) in [6.45, 7) is 2.19. The maximum absolute atomic E-state index is 12.0. The first-order chi connectivity index (χ1) is 10.2. The van der Waals surface area contributed by atoms with E-state index in [2.05, 4.69) is 10.6 Å². The topological polar surface area (TPSA) is 91.2 Å². The fourth-order valence-corrected chi connectivity index (χ4v) is 1.84. The second-order valence-corrected chi connectivity index (χ2v) is 4.48. The van der Waals surface area contributed by atoms with Crippen molar-refractivity contribution in [3.05, 3.63) is 35.5 Å². The smallest absolute Gasteiger partial charge is 0.351 e. The van der Waals surface area contributed by atoms with Crippen LogP contribution in [-0.4, -0.2) is 18.5 Å². The molecule has 2 N–H and O–H groups in total. The van der Waals surface area contributed by atoms with Gasteiger partial charge in [-0.15, -0.1) is 0 Å². The van der Waals surface area contributed by atoms with Crippen LogP contribution >= 0.6 is 0 Å². The van der Waals surface area contributed by atoms with E-state index in [-0.39, 0.29) is 17.9 Å². The maximum atomic E-state index is 12.0. The Balaban J connectivity index is 2.26. The number of fused-ring (bicyclic) bond motifs is 1. The van der Waals surface area contributed by atoms with E-state index in [0.29, 0.717) is 17.8 Å². The van der Waals surface area contributed by atoms with Crippen LogP contribution in [0.25, 0.3) is 0 Å². The zero-order valence-electron chi connectivity index (χ0n) is 11.6. The number of ether oxygens (including phenoxy) is 1. The summed E-state index contributed by atoms with van der Waals surface area (Å²) in [5.41, 5.74) is 0.819. The average molecular weight is 285 g/mol. The molecule has 0 spiro atoms. The highest BCUT2D eigenvalue weighted by Gasteiger charge is 2.27. The highest BCUT2D eigenvalue weighted by molar-refractivity contribution is 6.15. The van der Waals surface area contributed by atoms with E-state index >= 15 is 0 Å². The molecular weight excluding hydrogens is 270 g/mol. The van der Waals surface area contributed by atoms with Crippen molar-refractivity contribution in [3.63, 3.8) is 0 Å². The molecule has 1 heterocycles. The van der Waals surface area contributed by atoms with Crippen LogP contribution in [0.4, 0.5) is 11.4 Å². The SMILES string of the molecule is CCCCOC(=O)/C(C#N)=C1\Nc2ccccc2NC1=O. The van der Waals surface area contributed by atoms with Gasteiger partial charge in [0.1, 0.15) is 11.8 Å². The number of benzene rings is 1. The van der Waals surface area contributed by atoms with Crippen LogP contribution in [0.5, 0.6) is 0 Å². The summed E-state index contributed by atoms with van der Waals surface area (Å²) < 4.78 is 4.99. The Hall–Kier alpha value is -2.81. The molecule has 2 rings (SSSR count). The second-order valence-electron chi connectivity index (χ2n) is 4.48. The van der Waals surface area contributed by atoms with Gasteiger partial charge in [-0.05, 0) is 18.6 Å². The molecule has 0 aromatic heterocycles. The van der Waals surface area contributed by atoms with Crippen molar-refractivity contribution in [1.82, 2.24) is 0 Å². The van der Waals surface area contributed by atoms with Crippen molar-refractivity contribution in [1.29, 1.82) is 5.26 Å². The first-order valence-electron chi connectivity index (χ1n) is 6.66. The summed E-state index contributed by atoms with van der Waals surface area (Å²) >= 11 is 0. The Morgan fingerprint density at radius 2 is 1.95 bits per heavy atom. The average Bonchev–Trinajstić information content (AvgIpc) is 2.49.